The van der Waals surface area contributed by atoms with Gasteiger partial charge in [0.25, 0.3) is 0 Å². The van der Waals surface area contributed by atoms with Gasteiger partial charge in [-0.3, -0.25) is 9.79 Å². The number of Topliss-reactive ketones (excluding diaryl/α,β-unsaturated/α-hetero) is 1. The molecule has 1 aromatic carbocycles. The Balaban J connectivity index is 1.87. The molecule has 2 aliphatic rings. The van der Waals surface area contributed by atoms with E-state index in [1.165, 1.54) is 6.07 Å². The van der Waals surface area contributed by atoms with Gasteiger partial charge in [0.2, 0.25) is 5.78 Å². The third-order valence-electron chi connectivity index (χ3n) is 3.37. The van der Waals surface area contributed by atoms with Crippen molar-refractivity contribution in [2.24, 2.45) is 4.99 Å². The van der Waals surface area contributed by atoms with Crippen LogP contribution in [0.15, 0.2) is 40.9 Å². The van der Waals surface area contributed by atoms with Gasteiger partial charge in [-0.25, -0.2) is 0 Å². The SMILES string of the molecule is O=C1c2cc(Cl)nnc2C=C2C=Nc3ccccc3OC12. The van der Waals surface area contributed by atoms with E-state index in [2.05, 4.69) is 15.2 Å². The van der Waals surface area contributed by atoms with E-state index >= 15 is 0 Å². The number of carbonyl (C=O) groups is 1. The number of para-hydroxylation sites is 2. The number of aliphatic imine (C=N–C) groups is 1. The Hall–Kier alpha value is -2.53. The van der Waals surface area contributed by atoms with E-state index in [4.69, 9.17) is 16.3 Å². The maximum atomic E-state index is 12.6. The maximum Gasteiger partial charge on any atom is 0.210 e. The number of benzene rings is 1. The Morgan fingerprint density at radius 3 is 2.95 bits per heavy atom. The molecule has 0 amide bonds. The van der Waals surface area contributed by atoms with Gasteiger partial charge in [-0.2, -0.15) is 0 Å². The number of carbonyl (C=O) groups excluding carboxylic acids is 1. The summed E-state index contributed by atoms with van der Waals surface area (Å²) in [4.78, 5) is 17.0. The minimum atomic E-state index is -0.731. The number of hydrogen-bond acceptors (Lipinski definition) is 5. The Labute approximate surface area is 124 Å². The van der Waals surface area contributed by atoms with Crippen molar-refractivity contribution in [1.29, 1.82) is 0 Å². The number of aromatic nitrogens is 2. The molecule has 21 heavy (non-hydrogen) atoms. The van der Waals surface area contributed by atoms with Crippen molar-refractivity contribution < 1.29 is 9.53 Å². The van der Waals surface area contributed by atoms with Crippen molar-refractivity contribution in [2.45, 2.75) is 6.10 Å². The molecule has 1 aliphatic heterocycles. The van der Waals surface area contributed by atoms with Crippen molar-refractivity contribution in [1.82, 2.24) is 10.2 Å². The fourth-order valence-electron chi connectivity index (χ4n) is 2.37. The van der Waals surface area contributed by atoms with E-state index in [0.717, 1.165) is 0 Å². The molecule has 0 radical (unpaired) electrons. The molecule has 1 unspecified atom stereocenters. The van der Waals surface area contributed by atoms with Gasteiger partial charge in [0.05, 0.1) is 11.3 Å². The van der Waals surface area contributed by atoms with Crippen molar-refractivity contribution in [2.75, 3.05) is 0 Å². The van der Waals surface area contributed by atoms with Gasteiger partial charge in [0.1, 0.15) is 11.4 Å². The molecular formula is C15H8ClN3O2. The van der Waals surface area contributed by atoms with Gasteiger partial charge in [-0.05, 0) is 24.3 Å². The largest absolute Gasteiger partial charge is 0.475 e. The number of ketones is 1. The van der Waals surface area contributed by atoms with E-state index in [-0.39, 0.29) is 10.9 Å². The third kappa shape index (κ3) is 1.94. The molecule has 5 nitrogen and oxygen atoms in total. The van der Waals surface area contributed by atoms with Crippen LogP contribution in [0.1, 0.15) is 16.1 Å². The second kappa shape index (κ2) is 4.49. The Morgan fingerprint density at radius 1 is 1.19 bits per heavy atom. The molecule has 1 aliphatic carbocycles. The molecular weight excluding hydrogens is 290 g/mol. The van der Waals surface area contributed by atoms with Crippen LogP contribution >= 0.6 is 11.6 Å². The Morgan fingerprint density at radius 2 is 2.05 bits per heavy atom. The average Bonchev–Trinajstić information content (AvgIpc) is 2.68. The van der Waals surface area contributed by atoms with Crippen molar-refractivity contribution >= 4 is 35.4 Å². The first-order valence-electron chi connectivity index (χ1n) is 6.31. The molecule has 0 fully saturated rings. The van der Waals surface area contributed by atoms with Gasteiger partial charge in [0, 0.05) is 11.8 Å². The fourth-order valence-corrected chi connectivity index (χ4v) is 2.52. The monoisotopic (exact) mass is 297 g/mol. The van der Waals surface area contributed by atoms with Crippen LogP contribution in [-0.4, -0.2) is 28.3 Å². The molecule has 2 aromatic rings. The molecule has 0 saturated carbocycles. The van der Waals surface area contributed by atoms with Crippen LogP contribution in [0.4, 0.5) is 5.69 Å². The summed E-state index contributed by atoms with van der Waals surface area (Å²) < 4.78 is 5.84. The Bertz CT molecular complexity index is 829. The minimum Gasteiger partial charge on any atom is -0.475 e. The van der Waals surface area contributed by atoms with Crippen molar-refractivity contribution in [3.63, 3.8) is 0 Å². The predicted octanol–water partition coefficient (Wildman–Crippen LogP) is 2.87. The van der Waals surface area contributed by atoms with E-state index in [9.17, 15) is 4.79 Å². The van der Waals surface area contributed by atoms with Crippen LogP contribution in [0.3, 0.4) is 0 Å². The van der Waals surface area contributed by atoms with Crippen LogP contribution in [-0.2, 0) is 0 Å². The van der Waals surface area contributed by atoms with E-state index in [0.29, 0.717) is 28.3 Å². The highest BCUT2D eigenvalue weighted by atomic mass is 35.5. The lowest BCUT2D eigenvalue weighted by molar-refractivity contribution is 0.0844. The molecule has 1 aromatic heterocycles. The first-order valence-corrected chi connectivity index (χ1v) is 6.69. The molecule has 0 bridgehead atoms. The number of ether oxygens (including phenoxy) is 1. The average molecular weight is 298 g/mol. The summed E-state index contributed by atoms with van der Waals surface area (Å²) in [5.41, 5.74) is 2.24. The molecule has 1 atom stereocenters. The smallest absolute Gasteiger partial charge is 0.210 e. The minimum absolute atomic E-state index is 0.182. The zero-order valence-corrected chi connectivity index (χ0v) is 11.4. The molecule has 0 N–H and O–H groups in total. The number of rotatable bonds is 0. The van der Waals surface area contributed by atoms with Crippen LogP contribution in [0.25, 0.3) is 6.08 Å². The predicted molar refractivity (Wildman–Crippen MR) is 78.4 cm³/mol. The van der Waals surface area contributed by atoms with Gasteiger partial charge < -0.3 is 4.74 Å². The van der Waals surface area contributed by atoms with Gasteiger partial charge >= 0.3 is 0 Å². The number of fused-ring (bicyclic) bond motifs is 3. The van der Waals surface area contributed by atoms with Gasteiger partial charge in [-0.1, -0.05) is 23.7 Å². The summed E-state index contributed by atoms with van der Waals surface area (Å²) in [6, 6.07) is 8.84. The van der Waals surface area contributed by atoms with E-state index in [1.54, 1.807) is 18.4 Å². The molecule has 0 spiro atoms. The summed E-state index contributed by atoms with van der Waals surface area (Å²) in [6.45, 7) is 0. The highest BCUT2D eigenvalue weighted by Crippen LogP contribution is 2.34. The number of hydrogen-bond donors (Lipinski definition) is 0. The first kappa shape index (κ1) is 12.2. The van der Waals surface area contributed by atoms with Gasteiger partial charge in [-0.15, -0.1) is 10.2 Å². The lowest BCUT2D eigenvalue weighted by Gasteiger charge is -2.21. The zero-order valence-electron chi connectivity index (χ0n) is 10.7. The number of halogens is 1. The van der Waals surface area contributed by atoms with E-state index < -0.39 is 6.10 Å². The summed E-state index contributed by atoms with van der Waals surface area (Å²) in [5.74, 6) is 0.384. The molecule has 0 saturated heterocycles. The van der Waals surface area contributed by atoms with E-state index in [1.807, 2.05) is 18.2 Å². The van der Waals surface area contributed by atoms with Gasteiger partial charge in [0.15, 0.2) is 11.3 Å². The molecule has 2 heterocycles. The maximum absolute atomic E-state index is 12.6. The quantitative estimate of drug-likeness (QED) is 0.750. The fraction of sp³-hybridized carbons (Fsp3) is 0.0667. The normalized spacial score (nSPS) is 18.8. The standard InChI is InChI=1S/C15H8ClN3O2/c16-13-6-9-11(18-19-13)5-8-7-17-10-3-1-2-4-12(10)21-15(8)14(9)20/h1-7,15H. The lowest BCUT2D eigenvalue weighted by Crippen LogP contribution is -2.33. The summed E-state index contributed by atoms with van der Waals surface area (Å²) in [6.07, 6.45) is 2.65. The lowest BCUT2D eigenvalue weighted by atomic mass is 9.93. The number of nitrogens with zero attached hydrogens (tertiary/aromatic N) is 3. The second-order valence-electron chi connectivity index (χ2n) is 4.70. The zero-order chi connectivity index (χ0) is 14.4. The summed E-state index contributed by atoms with van der Waals surface area (Å²) in [5, 5.41) is 7.89. The third-order valence-corrected chi connectivity index (χ3v) is 3.55. The van der Waals surface area contributed by atoms with Crippen LogP contribution in [0.5, 0.6) is 5.75 Å². The second-order valence-corrected chi connectivity index (χ2v) is 5.09. The highest BCUT2D eigenvalue weighted by molar-refractivity contribution is 6.30. The van der Waals surface area contributed by atoms with Crippen LogP contribution < -0.4 is 4.74 Å². The molecule has 4 rings (SSSR count). The topological polar surface area (TPSA) is 64.4 Å². The van der Waals surface area contributed by atoms with Crippen molar-refractivity contribution in [3.8, 4) is 5.75 Å². The summed E-state index contributed by atoms with van der Waals surface area (Å²) in [7, 11) is 0. The van der Waals surface area contributed by atoms with Crippen molar-refractivity contribution in [3.05, 3.63) is 52.3 Å². The van der Waals surface area contributed by atoms with Crippen LogP contribution in [0.2, 0.25) is 5.15 Å². The molecule has 102 valence electrons. The Kier molecular flexibility index (Phi) is 2.62. The summed E-state index contributed by atoms with van der Waals surface area (Å²) >= 11 is 5.82. The first-order chi connectivity index (χ1) is 10.2. The van der Waals surface area contributed by atoms with Crippen LogP contribution in [0, 0.1) is 0 Å². The molecule has 6 heteroatoms. The highest BCUT2D eigenvalue weighted by Gasteiger charge is 2.33.